The van der Waals surface area contributed by atoms with Gasteiger partial charge in [0.1, 0.15) is 0 Å². The van der Waals surface area contributed by atoms with Crippen LogP contribution in [0.2, 0.25) is 0 Å². The maximum Gasteiger partial charge on any atom is 0.343 e. The molecule has 0 bridgehead atoms. The molecular formula is C20H21N3O2S. The van der Waals surface area contributed by atoms with Gasteiger partial charge in [-0.2, -0.15) is 0 Å². The van der Waals surface area contributed by atoms with E-state index in [4.69, 9.17) is 0 Å². The molecule has 1 aromatic heterocycles. The molecule has 26 heavy (non-hydrogen) atoms. The Morgan fingerprint density at radius 2 is 1.73 bits per heavy atom. The molecule has 134 valence electrons. The molecule has 1 N–H and O–H groups in total. The first-order chi connectivity index (χ1) is 12.7. The van der Waals surface area contributed by atoms with E-state index in [0.717, 1.165) is 24.2 Å². The lowest BCUT2D eigenvalue weighted by molar-refractivity contribution is 0.0982. The van der Waals surface area contributed by atoms with Crippen LogP contribution in [0.3, 0.4) is 0 Å². The van der Waals surface area contributed by atoms with E-state index < -0.39 is 0 Å². The average molecular weight is 367 g/mol. The van der Waals surface area contributed by atoms with E-state index in [1.165, 1.54) is 17.3 Å². The van der Waals surface area contributed by atoms with Gasteiger partial charge in [-0.25, -0.2) is 9.89 Å². The fourth-order valence-corrected chi connectivity index (χ4v) is 3.57. The van der Waals surface area contributed by atoms with Gasteiger partial charge >= 0.3 is 5.69 Å². The number of nitrogens with zero attached hydrogens (tertiary/aromatic N) is 2. The monoisotopic (exact) mass is 367 g/mol. The highest BCUT2D eigenvalue weighted by Gasteiger charge is 2.10. The zero-order chi connectivity index (χ0) is 18.2. The molecule has 0 amide bonds. The van der Waals surface area contributed by atoms with Crippen LogP contribution in [0.4, 0.5) is 0 Å². The van der Waals surface area contributed by atoms with Gasteiger partial charge in [0.15, 0.2) is 10.9 Å². The molecule has 0 radical (unpaired) electrons. The Labute approximate surface area is 156 Å². The van der Waals surface area contributed by atoms with Crippen molar-refractivity contribution in [2.24, 2.45) is 0 Å². The molecule has 0 aliphatic rings. The molecule has 0 aliphatic heterocycles. The number of carbonyl (C=O) groups is 1. The number of aromatic nitrogens is 3. The number of aryl methyl sites for hydroxylation is 1. The molecule has 3 aromatic rings. The quantitative estimate of drug-likeness (QED) is 0.357. The van der Waals surface area contributed by atoms with Crippen molar-refractivity contribution < 1.29 is 4.79 Å². The number of thioether (sulfide) groups is 1. The van der Waals surface area contributed by atoms with Crippen LogP contribution in [0.1, 0.15) is 28.8 Å². The lowest BCUT2D eigenvalue weighted by Crippen LogP contribution is -2.19. The van der Waals surface area contributed by atoms with Gasteiger partial charge in [-0.05, 0) is 18.4 Å². The number of benzene rings is 2. The Morgan fingerprint density at radius 1 is 1.04 bits per heavy atom. The van der Waals surface area contributed by atoms with Gasteiger partial charge in [-0.1, -0.05) is 72.4 Å². The highest BCUT2D eigenvalue weighted by molar-refractivity contribution is 7.99. The summed E-state index contributed by atoms with van der Waals surface area (Å²) >= 11 is 1.51. The molecular weight excluding hydrogens is 346 g/mol. The van der Waals surface area contributed by atoms with E-state index in [2.05, 4.69) is 10.2 Å². The van der Waals surface area contributed by atoms with Crippen molar-refractivity contribution in [3.63, 3.8) is 0 Å². The summed E-state index contributed by atoms with van der Waals surface area (Å²) in [4.78, 5) is 24.1. The van der Waals surface area contributed by atoms with Crippen molar-refractivity contribution in [1.82, 2.24) is 14.8 Å². The van der Waals surface area contributed by atoms with Crippen molar-refractivity contribution in [1.29, 1.82) is 0 Å². The molecule has 0 aliphatic carbocycles. The van der Waals surface area contributed by atoms with Gasteiger partial charge in [0.2, 0.25) is 0 Å². The third-order valence-corrected chi connectivity index (χ3v) is 5.13. The lowest BCUT2D eigenvalue weighted by Gasteiger charge is -2.06. The minimum absolute atomic E-state index is 0.148. The molecule has 2 aromatic carbocycles. The summed E-state index contributed by atoms with van der Waals surface area (Å²) in [6, 6.07) is 19.4. The van der Waals surface area contributed by atoms with E-state index in [-0.39, 0.29) is 11.5 Å². The Hall–Kier alpha value is -2.60. The van der Waals surface area contributed by atoms with Gasteiger partial charge < -0.3 is 0 Å². The Bertz CT molecular complexity index is 888. The normalized spacial score (nSPS) is 10.8. The van der Waals surface area contributed by atoms with Crippen LogP contribution in [-0.4, -0.2) is 26.3 Å². The molecule has 0 fully saturated rings. The van der Waals surface area contributed by atoms with Gasteiger partial charge in [0.25, 0.3) is 0 Å². The third-order valence-electron chi connectivity index (χ3n) is 4.07. The van der Waals surface area contributed by atoms with Crippen LogP contribution >= 0.6 is 11.8 Å². The molecule has 0 spiro atoms. The van der Waals surface area contributed by atoms with Crippen LogP contribution in [0, 0.1) is 0 Å². The SMILES string of the molecule is O=C(CCCSc1n[nH]c(=O)n1CCc1ccccc1)c1ccccc1. The van der Waals surface area contributed by atoms with Crippen LogP contribution in [-0.2, 0) is 13.0 Å². The zero-order valence-corrected chi connectivity index (χ0v) is 15.2. The fourth-order valence-electron chi connectivity index (χ4n) is 2.66. The predicted octanol–water partition coefficient (Wildman–Crippen LogP) is 3.57. The Kier molecular flexibility index (Phi) is 6.44. The smallest absolute Gasteiger partial charge is 0.294 e. The second-order valence-electron chi connectivity index (χ2n) is 5.94. The van der Waals surface area contributed by atoms with Gasteiger partial charge in [0, 0.05) is 24.3 Å². The molecule has 0 saturated carbocycles. The minimum atomic E-state index is -0.191. The van der Waals surface area contributed by atoms with Crippen molar-refractivity contribution >= 4 is 17.5 Å². The van der Waals surface area contributed by atoms with Crippen LogP contribution in [0.25, 0.3) is 0 Å². The summed E-state index contributed by atoms with van der Waals surface area (Å²) in [6.07, 6.45) is 2.02. The highest BCUT2D eigenvalue weighted by atomic mass is 32.2. The average Bonchev–Trinajstić information content (AvgIpc) is 3.04. The number of rotatable bonds is 9. The van der Waals surface area contributed by atoms with Crippen LogP contribution in [0.15, 0.2) is 70.6 Å². The molecule has 1 heterocycles. The van der Waals surface area contributed by atoms with E-state index in [0.29, 0.717) is 18.1 Å². The second-order valence-corrected chi connectivity index (χ2v) is 7.00. The summed E-state index contributed by atoms with van der Waals surface area (Å²) in [5.74, 6) is 0.892. The molecule has 3 rings (SSSR count). The summed E-state index contributed by atoms with van der Waals surface area (Å²) in [6.45, 7) is 0.588. The summed E-state index contributed by atoms with van der Waals surface area (Å²) < 4.78 is 1.66. The van der Waals surface area contributed by atoms with Crippen LogP contribution in [0.5, 0.6) is 0 Å². The van der Waals surface area contributed by atoms with Crippen molar-refractivity contribution in [3.05, 3.63) is 82.3 Å². The number of carbonyl (C=O) groups excluding carboxylic acids is 1. The van der Waals surface area contributed by atoms with Gasteiger partial charge in [0.05, 0.1) is 0 Å². The number of hydrogen-bond acceptors (Lipinski definition) is 4. The number of Topliss-reactive ketones (excluding diaryl/α,β-unsaturated/α-hetero) is 1. The number of hydrogen-bond donors (Lipinski definition) is 1. The predicted molar refractivity (Wildman–Crippen MR) is 104 cm³/mol. The first-order valence-corrected chi connectivity index (χ1v) is 9.63. The lowest BCUT2D eigenvalue weighted by atomic mass is 10.1. The number of H-pyrrole nitrogens is 1. The van der Waals surface area contributed by atoms with Gasteiger partial charge in [-0.15, -0.1) is 5.10 Å². The summed E-state index contributed by atoms with van der Waals surface area (Å²) in [5.41, 5.74) is 1.74. The second kappa shape index (κ2) is 9.20. The van der Waals surface area contributed by atoms with E-state index in [1.807, 2.05) is 60.7 Å². The maximum atomic E-state index is 12.1. The first kappa shape index (κ1) is 18.2. The molecule has 0 saturated heterocycles. The van der Waals surface area contributed by atoms with E-state index in [9.17, 15) is 9.59 Å². The first-order valence-electron chi connectivity index (χ1n) is 8.64. The molecule has 5 nitrogen and oxygen atoms in total. The zero-order valence-electron chi connectivity index (χ0n) is 14.4. The number of nitrogens with one attached hydrogen (secondary N) is 1. The van der Waals surface area contributed by atoms with Gasteiger partial charge in [-0.3, -0.25) is 9.36 Å². The summed E-state index contributed by atoms with van der Waals surface area (Å²) in [5, 5.41) is 7.30. The van der Waals surface area contributed by atoms with E-state index >= 15 is 0 Å². The van der Waals surface area contributed by atoms with Crippen molar-refractivity contribution in [2.45, 2.75) is 31.0 Å². The van der Waals surface area contributed by atoms with Crippen LogP contribution < -0.4 is 5.69 Å². The maximum absolute atomic E-state index is 12.1. The Balaban J connectivity index is 1.49. The highest BCUT2D eigenvalue weighted by Crippen LogP contribution is 2.17. The van der Waals surface area contributed by atoms with E-state index in [1.54, 1.807) is 4.57 Å². The Morgan fingerprint density at radius 3 is 2.46 bits per heavy atom. The molecule has 0 atom stereocenters. The molecule has 6 heteroatoms. The minimum Gasteiger partial charge on any atom is -0.294 e. The number of ketones is 1. The summed E-state index contributed by atoms with van der Waals surface area (Å²) in [7, 11) is 0. The third kappa shape index (κ3) is 4.95. The standard InChI is InChI=1S/C20H21N3O2S/c24-18(17-10-5-2-6-11-17)12-7-15-26-20-22-21-19(25)23(20)14-13-16-8-3-1-4-9-16/h1-6,8-11H,7,12-15H2,(H,21,25). The van der Waals surface area contributed by atoms with Crippen molar-refractivity contribution in [2.75, 3.05) is 5.75 Å². The topological polar surface area (TPSA) is 67.8 Å². The van der Waals surface area contributed by atoms with Crippen molar-refractivity contribution in [3.8, 4) is 0 Å². The number of aromatic amines is 1. The molecule has 0 unspecified atom stereocenters. The fraction of sp³-hybridized carbons (Fsp3) is 0.250. The largest absolute Gasteiger partial charge is 0.343 e.